The predicted octanol–water partition coefficient (Wildman–Crippen LogP) is 4.53. The number of nitrogens with zero attached hydrogens (tertiary/aromatic N) is 4. The predicted molar refractivity (Wildman–Crippen MR) is 124 cm³/mol. The number of para-hydroxylation sites is 1. The normalized spacial score (nSPS) is 16.2. The Hall–Kier alpha value is -2.96. The first-order valence-electron chi connectivity index (χ1n) is 11.0. The van der Waals surface area contributed by atoms with Gasteiger partial charge in [-0.1, -0.05) is 53.2 Å². The van der Waals surface area contributed by atoms with E-state index in [1.807, 2.05) is 35.2 Å². The number of aryl methyl sites for hydroxylation is 1. The Bertz CT molecular complexity index is 1140. The maximum Gasteiger partial charge on any atom is 0.227 e. The Labute approximate surface area is 192 Å². The van der Waals surface area contributed by atoms with Gasteiger partial charge in [-0.2, -0.15) is 4.98 Å². The van der Waals surface area contributed by atoms with E-state index in [4.69, 9.17) is 16.1 Å². The van der Waals surface area contributed by atoms with Gasteiger partial charge in [-0.05, 0) is 47.7 Å². The van der Waals surface area contributed by atoms with Crippen LogP contribution in [0.15, 0.2) is 59.1 Å². The Morgan fingerprint density at radius 3 is 2.72 bits per heavy atom. The van der Waals surface area contributed by atoms with Gasteiger partial charge in [-0.25, -0.2) is 0 Å². The summed E-state index contributed by atoms with van der Waals surface area (Å²) in [7, 11) is 0. The molecule has 1 amide bonds. The molecular formula is C25H25ClN4O2. The van der Waals surface area contributed by atoms with Gasteiger partial charge in [-0.15, -0.1) is 0 Å². The number of carbonyl (C=O) groups excluding carboxylic acids is 1. The van der Waals surface area contributed by atoms with Crippen LogP contribution >= 0.6 is 11.6 Å². The maximum absolute atomic E-state index is 12.7. The molecule has 32 heavy (non-hydrogen) atoms. The standard InChI is InChI=1S/C25H25ClN4O2/c26-21-7-5-18(6-8-21)17-29-14-11-20(12-15-29)25-27-23(32-28-25)9-10-24(31)30-16-13-19-3-1-2-4-22(19)30/h1-8,11H,9-10,12-17H2. The van der Waals surface area contributed by atoms with E-state index in [1.165, 1.54) is 11.1 Å². The van der Waals surface area contributed by atoms with E-state index < -0.39 is 0 Å². The zero-order valence-electron chi connectivity index (χ0n) is 17.8. The molecule has 0 fully saturated rings. The molecule has 2 aliphatic heterocycles. The summed E-state index contributed by atoms with van der Waals surface area (Å²) in [4.78, 5) is 21.5. The second-order valence-electron chi connectivity index (χ2n) is 8.28. The number of hydrogen-bond acceptors (Lipinski definition) is 5. The van der Waals surface area contributed by atoms with Gasteiger partial charge in [-0.3, -0.25) is 9.69 Å². The number of halogens is 1. The fraction of sp³-hybridized carbons (Fsp3) is 0.320. The minimum absolute atomic E-state index is 0.101. The van der Waals surface area contributed by atoms with E-state index in [0.717, 1.165) is 55.3 Å². The minimum atomic E-state index is 0.101. The van der Waals surface area contributed by atoms with Crippen molar-refractivity contribution in [1.82, 2.24) is 15.0 Å². The van der Waals surface area contributed by atoms with Crippen molar-refractivity contribution in [2.24, 2.45) is 0 Å². The SMILES string of the molecule is O=C(CCc1nc(C2=CCN(Cc3ccc(Cl)cc3)CC2)no1)N1CCc2ccccc21. The lowest BCUT2D eigenvalue weighted by molar-refractivity contribution is -0.118. The average molecular weight is 449 g/mol. The summed E-state index contributed by atoms with van der Waals surface area (Å²) in [6, 6.07) is 16.1. The van der Waals surface area contributed by atoms with Gasteiger partial charge in [0.1, 0.15) is 0 Å². The summed E-state index contributed by atoms with van der Waals surface area (Å²) in [6.45, 7) is 3.41. The summed E-state index contributed by atoms with van der Waals surface area (Å²) in [5, 5.41) is 4.92. The quantitative estimate of drug-likeness (QED) is 0.554. The highest BCUT2D eigenvalue weighted by Gasteiger charge is 2.24. The highest BCUT2D eigenvalue weighted by atomic mass is 35.5. The van der Waals surface area contributed by atoms with Crippen molar-refractivity contribution < 1.29 is 9.32 Å². The van der Waals surface area contributed by atoms with Gasteiger partial charge in [0, 0.05) is 49.7 Å². The number of rotatable bonds is 6. The molecule has 2 aliphatic rings. The van der Waals surface area contributed by atoms with E-state index in [2.05, 4.69) is 39.3 Å². The van der Waals surface area contributed by atoms with Crippen LogP contribution in [0.25, 0.3) is 5.57 Å². The van der Waals surface area contributed by atoms with Gasteiger partial charge >= 0.3 is 0 Å². The van der Waals surface area contributed by atoms with Crippen molar-refractivity contribution in [2.45, 2.75) is 32.2 Å². The smallest absolute Gasteiger partial charge is 0.227 e. The molecule has 164 valence electrons. The van der Waals surface area contributed by atoms with Crippen molar-refractivity contribution in [3.8, 4) is 0 Å². The third-order valence-electron chi connectivity index (χ3n) is 6.11. The summed E-state index contributed by atoms with van der Waals surface area (Å²) < 4.78 is 5.44. The molecule has 1 aromatic heterocycles. The number of amides is 1. The molecule has 0 atom stereocenters. The average Bonchev–Trinajstić information content (AvgIpc) is 3.47. The molecule has 3 aromatic rings. The molecule has 2 aromatic carbocycles. The summed E-state index contributed by atoms with van der Waals surface area (Å²) in [6.07, 6.45) is 4.77. The lowest BCUT2D eigenvalue weighted by Gasteiger charge is -2.25. The van der Waals surface area contributed by atoms with E-state index in [9.17, 15) is 4.79 Å². The third-order valence-corrected chi connectivity index (χ3v) is 6.36. The van der Waals surface area contributed by atoms with E-state index in [-0.39, 0.29) is 5.91 Å². The van der Waals surface area contributed by atoms with Crippen molar-refractivity contribution in [1.29, 1.82) is 0 Å². The Morgan fingerprint density at radius 1 is 1.06 bits per heavy atom. The molecule has 0 saturated heterocycles. The number of hydrogen-bond donors (Lipinski definition) is 0. The molecule has 0 N–H and O–H groups in total. The van der Waals surface area contributed by atoms with Crippen LogP contribution in [0.5, 0.6) is 0 Å². The molecule has 0 bridgehead atoms. The Morgan fingerprint density at radius 2 is 1.91 bits per heavy atom. The van der Waals surface area contributed by atoms with Gasteiger partial charge in [0.25, 0.3) is 0 Å². The van der Waals surface area contributed by atoms with Crippen LogP contribution in [0.4, 0.5) is 5.69 Å². The molecule has 0 radical (unpaired) electrons. The molecule has 3 heterocycles. The third kappa shape index (κ3) is 4.61. The molecule has 0 spiro atoms. The second-order valence-corrected chi connectivity index (χ2v) is 8.71. The van der Waals surface area contributed by atoms with Crippen LogP contribution in [0.1, 0.15) is 35.7 Å². The molecule has 0 saturated carbocycles. The van der Waals surface area contributed by atoms with Crippen LogP contribution in [-0.4, -0.2) is 40.6 Å². The number of anilines is 1. The van der Waals surface area contributed by atoms with Crippen LogP contribution in [0.2, 0.25) is 5.02 Å². The van der Waals surface area contributed by atoms with Crippen molar-refractivity contribution in [2.75, 3.05) is 24.5 Å². The molecular weight excluding hydrogens is 424 g/mol. The van der Waals surface area contributed by atoms with Crippen LogP contribution < -0.4 is 4.90 Å². The lowest BCUT2D eigenvalue weighted by Crippen LogP contribution is -2.29. The van der Waals surface area contributed by atoms with E-state index in [1.54, 1.807) is 0 Å². The lowest BCUT2D eigenvalue weighted by atomic mass is 10.1. The number of carbonyl (C=O) groups is 1. The first-order valence-corrected chi connectivity index (χ1v) is 11.4. The van der Waals surface area contributed by atoms with Crippen LogP contribution in [-0.2, 0) is 24.2 Å². The van der Waals surface area contributed by atoms with Gasteiger partial charge in [0.05, 0.1) is 0 Å². The fourth-order valence-corrected chi connectivity index (χ4v) is 4.46. The van der Waals surface area contributed by atoms with Gasteiger partial charge in [0.15, 0.2) is 5.82 Å². The monoisotopic (exact) mass is 448 g/mol. The number of fused-ring (bicyclic) bond motifs is 1. The zero-order chi connectivity index (χ0) is 21.9. The first kappa shape index (κ1) is 20.9. The Kier molecular flexibility index (Phi) is 6.06. The summed E-state index contributed by atoms with van der Waals surface area (Å²) in [5.41, 5.74) is 4.61. The molecule has 7 heteroatoms. The van der Waals surface area contributed by atoms with E-state index in [0.29, 0.717) is 24.6 Å². The molecule has 5 rings (SSSR count). The van der Waals surface area contributed by atoms with Crippen LogP contribution in [0.3, 0.4) is 0 Å². The highest BCUT2D eigenvalue weighted by molar-refractivity contribution is 6.30. The van der Waals surface area contributed by atoms with Crippen molar-refractivity contribution in [3.63, 3.8) is 0 Å². The topological polar surface area (TPSA) is 62.5 Å². The van der Waals surface area contributed by atoms with Crippen molar-refractivity contribution in [3.05, 3.63) is 82.5 Å². The second kappa shape index (κ2) is 9.27. The number of benzene rings is 2. The van der Waals surface area contributed by atoms with Crippen molar-refractivity contribution >= 4 is 28.8 Å². The minimum Gasteiger partial charge on any atom is -0.339 e. The maximum atomic E-state index is 12.7. The van der Waals surface area contributed by atoms with Gasteiger partial charge < -0.3 is 9.42 Å². The van der Waals surface area contributed by atoms with Crippen LogP contribution in [0, 0.1) is 0 Å². The molecule has 0 aliphatic carbocycles. The van der Waals surface area contributed by atoms with E-state index >= 15 is 0 Å². The summed E-state index contributed by atoms with van der Waals surface area (Å²) in [5.74, 6) is 1.26. The summed E-state index contributed by atoms with van der Waals surface area (Å²) >= 11 is 5.97. The fourth-order valence-electron chi connectivity index (χ4n) is 4.34. The number of aromatic nitrogens is 2. The largest absolute Gasteiger partial charge is 0.339 e. The highest BCUT2D eigenvalue weighted by Crippen LogP contribution is 2.28. The Balaban J connectivity index is 1.14. The first-order chi connectivity index (χ1) is 15.7. The zero-order valence-corrected chi connectivity index (χ0v) is 18.6. The molecule has 0 unspecified atom stereocenters. The molecule has 6 nitrogen and oxygen atoms in total. The van der Waals surface area contributed by atoms with Gasteiger partial charge in [0.2, 0.25) is 11.8 Å².